The molecule has 4 nitrogen and oxygen atoms in total. The first-order valence-corrected chi connectivity index (χ1v) is 5.42. The molecule has 0 aliphatic heterocycles. The summed E-state index contributed by atoms with van der Waals surface area (Å²) in [6, 6.07) is 4.36. The van der Waals surface area contributed by atoms with Crippen LogP contribution in [0.25, 0.3) is 0 Å². The SMILES string of the molecule is O=[N+]([O-])c1c(Br)cccc1OC(Cl)(Cl)Cl. The highest BCUT2D eigenvalue weighted by atomic mass is 79.9. The zero-order chi connectivity index (χ0) is 11.6. The molecule has 0 aromatic heterocycles. The Morgan fingerprint density at radius 3 is 2.47 bits per heavy atom. The van der Waals surface area contributed by atoms with Crippen LogP contribution in [-0.2, 0) is 0 Å². The molecular formula is C7H3BrCl3NO3. The van der Waals surface area contributed by atoms with Crippen molar-refractivity contribution < 1.29 is 9.66 Å². The largest absolute Gasteiger partial charge is 0.438 e. The predicted molar refractivity (Wildman–Crippen MR) is 61.7 cm³/mol. The van der Waals surface area contributed by atoms with Crippen LogP contribution in [0, 0.1) is 10.1 Å². The highest BCUT2D eigenvalue weighted by Gasteiger charge is 2.28. The fraction of sp³-hybridized carbons (Fsp3) is 0.143. The van der Waals surface area contributed by atoms with Gasteiger partial charge in [-0.25, -0.2) is 0 Å². The summed E-state index contributed by atoms with van der Waals surface area (Å²) >= 11 is 19.1. The summed E-state index contributed by atoms with van der Waals surface area (Å²) in [5.41, 5.74) is -0.288. The van der Waals surface area contributed by atoms with Crippen molar-refractivity contribution in [3.8, 4) is 5.75 Å². The average Bonchev–Trinajstić information content (AvgIpc) is 1.99. The number of hydrogen-bond donors (Lipinski definition) is 0. The normalized spacial score (nSPS) is 11.2. The molecule has 0 radical (unpaired) electrons. The van der Waals surface area contributed by atoms with E-state index in [1.165, 1.54) is 18.2 Å². The minimum atomic E-state index is -2.04. The summed E-state index contributed by atoms with van der Waals surface area (Å²) in [5, 5.41) is 10.7. The number of benzene rings is 1. The summed E-state index contributed by atoms with van der Waals surface area (Å²) in [6.45, 7) is 0. The van der Waals surface area contributed by atoms with Gasteiger partial charge in [0.15, 0.2) is 0 Å². The Balaban J connectivity index is 3.18. The second kappa shape index (κ2) is 4.74. The van der Waals surface area contributed by atoms with Crippen molar-refractivity contribution >= 4 is 56.4 Å². The minimum absolute atomic E-state index is 0.116. The van der Waals surface area contributed by atoms with E-state index in [1.807, 2.05) is 0 Å². The third-order valence-electron chi connectivity index (χ3n) is 1.36. The fourth-order valence-corrected chi connectivity index (χ4v) is 1.62. The highest BCUT2D eigenvalue weighted by molar-refractivity contribution is 9.10. The number of nitro benzene ring substituents is 1. The molecule has 0 saturated carbocycles. The number of nitrogens with zero attached hydrogens (tertiary/aromatic N) is 1. The van der Waals surface area contributed by atoms with Crippen LogP contribution in [0.3, 0.4) is 0 Å². The third-order valence-corrected chi connectivity index (χ3v) is 2.23. The molecule has 0 heterocycles. The molecule has 0 unspecified atom stereocenters. The van der Waals surface area contributed by atoms with E-state index in [9.17, 15) is 10.1 Å². The Morgan fingerprint density at radius 2 is 2.00 bits per heavy atom. The zero-order valence-corrected chi connectivity index (χ0v) is 10.8. The lowest BCUT2D eigenvalue weighted by molar-refractivity contribution is -0.386. The monoisotopic (exact) mass is 333 g/mol. The van der Waals surface area contributed by atoms with Crippen molar-refractivity contribution in [3.05, 3.63) is 32.8 Å². The summed E-state index contributed by atoms with van der Waals surface area (Å²) in [7, 11) is 0. The van der Waals surface area contributed by atoms with Crippen LogP contribution in [0.15, 0.2) is 22.7 Å². The number of halogens is 4. The van der Waals surface area contributed by atoms with Gasteiger partial charge in [-0.2, -0.15) is 0 Å². The molecule has 0 N–H and O–H groups in total. The minimum Gasteiger partial charge on any atom is -0.438 e. The lowest BCUT2D eigenvalue weighted by atomic mass is 10.3. The van der Waals surface area contributed by atoms with Gasteiger partial charge in [0.1, 0.15) is 0 Å². The first-order valence-electron chi connectivity index (χ1n) is 3.50. The smallest absolute Gasteiger partial charge is 0.338 e. The van der Waals surface area contributed by atoms with E-state index in [2.05, 4.69) is 15.9 Å². The number of alkyl halides is 3. The van der Waals surface area contributed by atoms with E-state index < -0.39 is 8.90 Å². The molecule has 0 aliphatic carbocycles. The molecule has 0 bridgehead atoms. The number of ether oxygens (including phenoxy) is 1. The van der Waals surface area contributed by atoms with Crippen LogP contribution in [0.1, 0.15) is 0 Å². The topological polar surface area (TPSA) is 52.4 Å². The van der Waals surface area contributed by atoms with Gasteiger partial charge in [-0.15, -0.1) is 0 Å². The Labute approximate surface area is 108 Å². The number of hydrogen-bond acceptors (Lipinski definition) is 3. The van der Waals surface area contributed by atoms with Crippen LogP contribution in [0.5, 0.6) is 5.75 Å². The van der Waals surface area contributed by atoms with Crippen molar-refractivity contribution in [1.29, 1.82) is 0 Å². The van der Waals surface area contributed by atoms with Crippen LogP contribution < -0.4 is 4.74 Å². The van der Waals surface area contributed by atoms with Gasteiger partial charge in [0, 0.05) is 0 Å². The highest BCUT2D eigenvalue weighted by Crippen LogP contribution is 2.39. The molecule has 0 amide bonds. The van der Waals surface area contributed by atoms with Crippen molar-refractivity contribution in [2.45, 2.75) is 3.98 Å². The second-order valence-electron chi connectivity index (χ2n) is 2.39. The lowest BCUT2D eigenvalue weighted by Gasteiger charge is -2.13. The summed E-state index contributed by atoms with van der Waals surface area (Å²) in [5.74, 6) is -0.116. The standard InChI is InChI=1S/C7H3BrCl3NO3/c8-4-2-1-3-5(6(4)12(13)14)15-7(9,10)11/h1-3H. The maximum absolute atomic E-state index is 10.7. The Bertz CT molecular complexity index is 394. The third kappa shape index (κ3) is 3.68. The summed E-state index contributed by atoms with van der Waals surface area (Å²) in [4.78, 5) is 10.1. The molecule has 82 valence electrons. The molecule has 8 heteroatoms. The van der Waals surface area contributed by atoms with Gasteiger partial charge in [-0.05, 0) is 62.9 Å². The van der Waals surface area contributed by atoms with Crippen LogP contribution in [0.2, 0.25) is 0 Å². The number of nitro groups is 1. The van der Waals surface area contributed by atoms with E-state index in [1.54, 1.807) is 0 Å². The van der Waals surface area contributed by atoms with Gasteiger partial charge in [0.2, 0.25) is 5.75 Å². The lowest BCUT2D eigenvalue weighted by Crippen LogP contribution is -2.13. The van der Waals surface area contributed by atoms with Gasteiger partial charge in [-0.3, -0.25) is 10.1 Å². The molecule has 0 atom stereocenters. The van der Waals surface area contributed by atoms with Crippen LogP contribution in [0.4, 0.5) is 5.69 Å². The molecule has 15 heavy (non-hydrogen) atoms. The second-order valence-corrected chi connectivity index (χ2v) is 5.42. The average molecular weight is 335 g/mol. The first-order chi connectivity index (χ1) is 6.81. The van der Waals surface area contributed by atoms with Crippen molar-refractivity contribution in [3.63, 3.8) is 0 Å². The van der Waals surface area contributed by atoms with Crippen LogP contribution >= 0.6 is 50.7 Å². The summed E-state index contributed by atoms with van der Waals surface area (Å²) < 4.78 is 3.01. The van der Waals surface area contributed by atoms with E-state index in [0.717, 1.165) is 0 Å². The maximum Gasteiger partial charge on any atom is 0.338 e. The van der Waals surface area contributed by atoms with Gasteiger partial charge >= 0.3 is 9.67 Å². The molecule has 0 fully saturated rings. The van der Waals surface area contributed by atoms with E-state index in [4.69, 9.17) is 39.5 Å². The molecule has 0 spiro atoms. The Kier molecular flexibility index (Phi) is 4.06. The van der Waals surface area contributed by atoms with Crippen molar-refractivity contribution in [2.24, 2.45) is 0 Å². The van der Waals surface area contributed by atoms with Crippen molar-refractivity contribution in [1.82, 2.24) is 0 Å². The molecule has 1 aromatic carbocycles. The molecule has 0 saturated heterocycles. The Morgan fingerprint density at radius 1 is 1.40 bits per heavy atom. The quantitative estimate of drug-likeness (QED) is 0.465. The van der Waals surface area contributed by atoms with E-state index in [-0.39, 0.29) is 15.9 Å². The predicted octanol–water partition coefficient (Wildman–Crippen LogP) is 4.06. The fourth-order valence-electron chi connectivity index (χ4n) is 0.880. The Hall–Kier alpha value is -0.230. The van der Waals surface area contributed by atoms with Gasteiger partial charge < -0.3 is 4.74 Å². The molecular weight excluding hydrogens is 332 g/mol. The number of para-hydroxylation sites is 1. The number of rotatable bonds is 2. The van der Waals surface area contributed by atoms with Gasteiger partial charge in [0.25, 0.3) is 0 Å². The first kappa shape index (κ1) is 12.8. The molecule has 1 aromatic rings. The van der Waals surface area contributed by atoms with Gasteiger partial charge in [-0.1, -0.05) is 6.07 Å². The van der Waals surface area contributed by atoms with Crippen LogP contribution in [-0.4, -0.2) is 8.90 Å². The van der Waals surface area contributed by atoms with E-state index >= 15 is 0 Å². The van der Waals surface area contributed by atoms with Gasteiger partial charge in [0.05, 0.1) is 9.40 Å². The molecule has 0 aliphatic rings. The maximum atomic E-state index is 10.7. The van der Waals surface area contributed by atoms with E-state index in [0.29, 0.717) is 0 Å². The summed E-state index contributed by atoms with van der Waals surface area (Å²) in [6.07, 6.45) is 0. The molecule has 1 rings (SSSR count). The zero-order valence-electron chi connectivity index (χ0n) is 6.92. The van der Waals surface area contributed by atoms with Crippen molar-refractivity contribution in [2.75, 3.05) is 0 Å².